The number of alkyl halides is 6. The number of hydrogen-bond acceptors (Lipinski definition) is 5. The summed E-state index contributed by atoms with van der Waals surface area (Å²) < 4.78 is 82.2. The number of aryl methyl sites for hydroxylation is 3. The van der Waals surface area contributed by atoms with Gasteiger partial charge in [-0.1, -0.05) is 30.4 Å². The van der Waals surface area contributed by atoms with Gasteiger partial charge in [-0.15, -0.1) is 5.10 Å². The van der Waals surface area contributed by atoms with Crippen molar-refractivity contribution < 1.29 is 26.3 Å². The van der Waals surface area contributed by atoms with Gasteiger partial charge in [-0.05, 0) is 110 Å². The fourth-order valence-corrected chi connectivity index (χ4v) is 6.55. The van der Waals surface area contributed by atoms with E-state index in [4.69, 9.17) is 0 Å². The number of nitrogens with zero attached hydrogens (tertiary/aromatic N) is 6. The Bertz CT molecular complexity index is 1380. The maximum absolute atomic E-state index is 13.7. The number of anilines is 2. The number of fused-ring (bicyclic) bond motifs is 1. The van der Waals surface area contributed by atoms with Crippen LogP contribution in [0.15, 0.2) is 30.3 Å². The summed E-state index contributed by atoms with van der Waals surface area (Å²) in [5.41, 5.74) is 1.76. The van der Waals surface area contributed by atoms with E-state index in [0.717, 1.165) is 62.2 Å². The van der Waals surface area contributed by atoms with Crippen LogP contribution in [0, 0.1) is 5.92 Å². The van der Waals surface area contributed by atoms with Gasteiger partial charge >= 0.3 is 12.4 Å². The first-order valence-corrected chi connectivity index (χ1v) is 15.6. The van der Waals surface area contributed by atoms with Crippen LogP contribution < -0.4 is 9.80 Å². The van der Waals surface area contributed by atoms with Crippen LogP contribution >= 0.6 is 0 Å². The molecule has 0 radical (unpaired) electrons. The molecule has 44 heavy (non-hydrogen) atoms. The van der Waals surface area contributed by atoms with Gasteiger partial charge in [-0.3, -0.25) is 0 Å². The summed E-state index contributed by atoms with van der Waals surface area (Å²) in [4.78, 5) is 5.38. The average molecular weight is 623 g/mol. The number of halogens is 6. The van der Waals surface area contributed by atoms with Crippen LogP contribution in [-0.4, -0.2) is 33.3 Å². The second-order valence-electron chi connectivity index (χ2n) is 12.0. The van der Waals surface area contributed by atoms with Crippen molar-refractivity contribution in [1.29, 1.82) is 0 Å². The molecular formula is C32H40F6N6. The normalized spacial score (nSPS) is 16.2. The molecular weight excluding hydrogens is 582 g/mol. The fourth-order valence-electron chi connectivity index (χ4n) is 6.55. The van der Waals surface area contributed by atoms with Crippen LogP contribution in [0.2, 0.25) is 0 Å². The second-order valence-corrected chi connectivity index (χ2v) is 12.0. The molecule has 0 amide bonds. The van der Waals surface area contributed by atoms with Crippen molar-refractivity contribution in [3.05, 3.63) is 63.7 Å². The Morgan fingerprint density at radius 3 is 1.98 bits per heavy atom. The van der Waals surface area contributed by atoms with Crippen LogP contribution in [0.5, 0.6) is 0 Å². The zero-order chi connectivity index (χ0) is 31.5. The van der Waals surface area contributed by atoms with Crippen LogP contribution in [0.3, 0.4) is 0 Å². The SMILES string of the molecule is CCN(CC1CCCCC1)c1cc2c(cc1CN(Cc1cc(C(F)(F)F)cc(C(F)(F)F)c1)c1nnn(CC)n1)CCCC2. The number of tetrazole rings is 1. The Labute approximate surface area is 254 Å². The molecule has 6 nitrogen and oxygen atoms in total. The van der Waals surface area contributed by atoms with Crippen LogP contribution in [0.1, 0.15) is 92.2 Å². The summed E-state index contributed by atoms with van der Waals surface area (Å²) in [6.07, 6.45) is 0.333. The molecule has 0 aliphatic heterocycles. The first kappa shape index (κ1) is 32.1. The summed E-state index contributed by atoms with van der Waals surface area (Å²) in [6.45, 7) is 6.01. The first-order valence-electron chi connectivity index (χ1n) is 15.6. The van der Waals surface area contributed by atoms with E-state index >= 15 is 0 Å². The van der Waals surface area contributed by atoms with Gasteiger partial charge in [-0.2, -0.15) is 31.1 Å². The Hall–Kier alpha value is -3.31. The standard InChI is InChI=1S/C32H40F6N6/c1-3-42(19-22-10-6-5-7-11-22)29-17-25-13-9-8-12-24(25)16-26(29)21-43(30-39-41-44(4-2)40-30)20-23-14-27(31(33,34)35)18-28(15-23)32(36,37)38/h14-18,22H,3-13,19-21H2,1-2H3. The Balaban J connectivity index is 1.56. The quantitative estimate of drug-likeness (QED) is 0.213. The molecule has 2 aliphatic rings. The minimum atomic E-state index is -4.93. The highest BCUT2D eigenvalue weighted by molar-refractivity contribution is 5.59. The van der Waals surface area contributed by atoms with Crippen molar-refractivity contribution >= 4 is 11.6 Å². The zero-order valence-corrected chi connectivity index (χ0v) is 25.3. The third-order valence-corrected chi connectivity index (χ3v) is 8.86. The highest BCUT2D eigenvalue weighted by Crippen LogP contribution is 2.38. The molecule has 0 unspecified atom stereocenters. The van der Waals surface area contributed by atoms with E-state index in [1.807, 2.05) is 6.92 Å². The van der Waals surface area contributed by atoms with Gasteiger partial charge in [0.2, 0.25) is 0 Å². The predicted octanol–water partition coefficient (Wildman–Crippen LogP) is 8.22. The topological polar surface area (TPSA) is 50.1 Å². The van der Waals surface area contributed by atoms with Gasteiger partial charge in [0.15, 0.2) is 0 Å². The van der Waals surface area contributed by atoms with Gasteiger partial charge in [0.1, 0.15) is 0 Å². The second kappa shape index (κ2) is 13.4. The lowest BCUT2D eigenvalue weighted by Crippen LogP contribution is -2.33. The lowest BCUT2D eigenvalue weighted by molar-refractivity contribution is -0.143. The summed E-state index contributed by atoms with van der Waals surface area (Å²) in [7, 11) is 0. The Morgan fingerprint density at radius 1 is 0.773 bits per heavy atom. The molecule has 12 heteroatoms. The van der Waals surface area contributed by atoms with E-state index in [1.165, 1.54) is 48.0 Å². The largest absolute Gasteiger partial charge is 0.416 e. The molecule has 1 heterocycles. The third kappa shape index (κ3) is 7.66. The van der Waals surface area contributed by atoms with E-state index in [9.17, 15) is 26.3 Å². The number of aromatic nitrogens is 4. The lowest BCUT2D eigenvalue weighted by Gasteiger charge is -2.34. The molecule has 2 aromatic carbocycles. The minimum absolute atomic E-state index is 0.130. The fraction of sp³-hybridized carbons (Fsp3) is 0.594. The number of hydrogen-bond donors (Lipinski definition) is 0. The highest BCUT2D eigenvalue weighted by Gasteiger charge is 2.37. The number of benzene rings is 2. The van der Waals surface area contributed by atoms with Gasteiger partial charge in [-0.25, -0.2) is 0 Å². The first-order chi connectivity index (χ1) is 20.9. The zero-order valence-electron chi connectivity index (χ0n) is 25.3. The van der Waals surface area contributed by atoms with Crippen molar-refractivity contribution in [2.24, 2.45) is 5.92 Å². The number of rotatable bonds is 10. The van der Waals surface area contributed by atoms with Crippen molar-refractivity contribution in [3.63, 3.8) is 0 Å². The molecule has 240 valence electrons. The van der Waals surface area contributed by atoms with Crippen molar-refractivity contribution in [2.45, 2.75) is 104 Å². The summed E-state index contributed by atoms with van der Waals surface area (Å²) >= 11 is 0. The molecule has 0 saturated heterocycles. The van der Waals surface area contributed by atoms with Crippen LogP contribution in [-0.2, 0) is 44.8 Å². The average Bonchev–Trinajstić information content (AvgIpc) is 3.48. The van der Waals surface area contributed by atoms with E-state index in [0.29, 0.717) is 12.5 Å². The predicted molar refractivity (Wildman–Crippen MR) is 157 cm³/mol. The summed E-state index contributed by atoms with van der Waals surface area (Å²) in [6, 6.07) is 6.16. The lowest BCUT2D eigenvalue weighted by atomic mass is 9.87. The maximum atomic E-state index is 13.7. The highest BCUT2D eigenvalue weighted by atomic mass is 19.4. The summed E-state index contributed by atoms with van der Waals surface area (Å²) in [5.74, 6) is 0.734. The molecule has 2 aliphatic carbocycles. The van der Waals surface area contributed by atoms with Crippen molar-refractivity contribution in [3.8, 4) is 0 Å². The van der Waals surface area contributed by atoms with E-state index in [1.54, 1.807) is 4.90 Å². The molecule has 5 rings (SSSR count). The smallest absolute Gasteiger partial charge is 0.371 e. The van der Waals surface area contributed by atoms with Gasteiger partial charge in [0.25, 0.3) is 5.95 Å². The molecule has 1 saturated carbocycles. The van der Waals surface area contributed by atoms with E-state index in [-0.39, 0.29) is 30.7 Å². The molecule has 3 aromatic rings. The molecule has 0 bridgehead atoms. The van der Waals surface area contributed by atoms with Gasteiger partial charge in [0.05, 0.1) is 17.7 Å². The molecule has 0 atom stereocenters. The van der Waals surface area contributed by atoms with Crippen LogP contribution in [0.25, 0.3) is 0 Å². The molecule has 1 fully saturated rings. The van der Waals surface area contributed by atoms with Gasteiger partial charge < -0.3 is 9.80 Å². The van der Waals surface area contributed by atoms with E-state index < -0.39 is 23.5 Å². The third-order valence-electron chi connectivity index (χ3n) is 8.86. The summed E-state index contributed by atoms with van der Waals surface area (Å²) in [5, 5.41) is 12.6. The van der Waals surface area contributed by atoms with Gasteiger partial charge in [0, 0.05) is 31.9 Å². The minimum Gasteiger partial charge on any atom is -0.371 e. The monoisotopic (exact) mass is 622 g/mol. The molecule has 0 N–H and O–H groups in total. The molecule has 1 aromatic heterocycles. The Kier molecular flexibility index (Phi) is 9.74. The maximum Gasteiger partial charge on any atom is 0.416 e. The molecule has 0 spiro atoms. The van der Waals surface area contributed by atoms with Crippen LogP contribution in [0.4, 0.5) is 38.0 Å². The Morgan fingerprint density at radius 2 is 1.41 bits per heavy atom. The van der Waals surface area contributed by atoms with Crippen molar-refractivity contribution in [2.75, 3.05) is 22.9 Å². The van der Waals surface area contributed by atoms with E-state index in [2.05, 4.69) is 39.4 Å². The van der Waals surface area contributed by atoms with Crippen molar-refractivity contribution in [1.82, 2.24) is 20.2 Å².